The maximum absolute atomic E-state index is 5.93. The minimum atomic E-state index is 0.628. The summed E-state index contributed by atoms with van der Waals surface area (Å²) in [5, 5.41) is 1.52. The Hall–Kier alpha value is -1.78. The van der Waals surface area contributed by atoms with Crippen molar-refractivity contribution in [3.63, 3.8) is 0 Å². The van der Waals surface area contributed by atoms with Crippen LogP contribution in [-0.2, 0) is 0 Å². The Morgan fingerprint density at radius 2 is 1.90 bits per heavy atom. The Bertz CT molecular complexity index is 792. The van der Waals surface area contributed by atoms with Crippen LogP contribution in [0.5, 0.6) is 11.5 Å². The van der Waals surface area contributed by atoms with Crippen molar-refractivity contribution in [1.82, 2.24) is 4.98 Å². The second kappa shape index (κ2) is 5.31. The minimum absolute atomic E-state index is 0.628. The predicted molar refractivity (Wildman–Crippen MR) is 85.4 cm³/mol. The molecule has 3 aromatic rings. The Kier molecular flexibility index (Phi) is 3.51. The van der Waals surface area contributed by atoms with Crippen LogP contribution in [0.3, 0.4) is 0 Å². The number of aromatic nitrogens is 1. The maximum atomic E-state index is 5.93. The zero-order valence-electron chi connectivity index (χ0n) is 10.3. The monoisotopic (exact) mass is 348 g/mol. The van der Waals surface area contributed by atoms with Gasteiger partial charge in [0.2, 0.25) is 0 Å². The van der Waals surface area contributed by atoms with Crippen molar-refractivity contribution in [3.05, 3.63) is 58.2 Å². The molecule has 0 bridgehead atoms. The van der Waals surface area contributed by atoms with Gasteiger partial charge in [0.1, 0.15) is 11.5 Å². The van der Waals surface area contributed by atoms with Crippen LogP contribution in [0.2, 0.25) is 5.02 Å². The molecule has 0 unspecified atom stereocenters. The second-order valence-electron chi connectivity index (χ2n) is 4.23. The van der Waals surface area contributed by atoms with Gasteiger partial charge in [0.25, 0.3) is 0 Å². The number of anilines is 1. The van der Waals surface area contributed by atoms with Crippen molar-refractivity contribution < 1.29 is 4.74 Å². The number of pyridine rings is 1. The first-order valence-electron chi connectivity index (χ1n) is 5.91. The number of fused-ring (bicyclic) bond motifs is 1. The largest absolute Gasteiger partial charge is 0.455 e. The molecule has 100 valence electrons. The summed E-state index contributed by atoms with van der Waals surface area (Å²) in [5.41, 5.74) is 7.28. The molecule has 0 amide bonds. The number of nitrogens with zero attached hydrogens (tertiary/aromatic N) is 1. The van der Waals surface area contributed by atoms with Gasteiger partial charge in [0.15, 0.2) is 0 Å². The Morgan fingerprint density at radius 1 is 1.10 bits per heavy atom. The van der Waals surface area contributed by atoms with Crippen LogP contribution in [0.4, 0.5) is 5.69 Å². The summed E-state index contributed by atoms with van der Waals surface area (Å²) < 4.78 is 6.72. The molecule has 0 radical (unpaired) electrons. The van der Waals surface area contributed by atoms with Gasteiger partial charge < -0.3 is 10.5 Å². The first kappa shape index (κ1) is 13.2. The van der Waals surface area contributed by atoms with Crippen LogP contribution in [0.1, 0.15) is 0 Å². The number of hydrogen-bond donors (Lipinski definition) is 1. The average molecular weight is 350 g/mol. The van der Waals surface area contributed by atoms with Gasteiger partial charge in [-0.1, -0.05) is 11.6 Å². The van der Waals surface area contributed by atoms with Crippen molar-refractivity contribution in [2.24, 2.45) is 0 Å². The van der Waals surface area contributed by atoms with Gasteiger partial charge in [0, 0.05) is 16.6 Å². The normalized spacial score (nSPS) is 10.7. The standard InChI is InChI=1S/C15H10BrClN2O/c16-11-8-9(17)3-5-14(11)20-13-6-4-12(18)15-10(13)2-1-7-19-15/h1-8H,18H2. The SMILES string of the molecule is Nc1ccc(Oc2ccc(Cl)cc2Br)c2cccnc12. The van der Waals surface area contributed by atoms with Crippen LogP contribution >= 0.6 is 27.5 Å². The molecule has 0 saturated heterocycles. The summed E-state index contributed by atoms with van der Waals surface area (Å²) in [6, 6.07) is 12.8. The lowest BCUT2D eigenvalue weighted by Crippen LogP contribution is -1.92. The van der Waals surface area contributed by atoms with E-state index in [9.17, 15) is 0 Å². The van der Waals surface area contributed by atoms with Crippen LogP contribution in [0, 0.1) is 0 Å². The van der Waals surface area contributed by atoms with E-state index in [-0.39, 0.29) is 0 Å². The molecule has 20 heavy (non-hydrogen) atoms. The van der Waals surface area contributed by atoms with Gasteiger partial charge in [-0.25, -0.2) is 0 Å². The summed E-state index contributed by atoms with van der Waals surface area (Å²) in [6.45, 7) is 0. The number of nitrogens with two attached hydrogens (primary N) is 1. The molecule has 3 rings (SSSR count). The van der Waals surface area contributed by atoms with Gasteiger partial charge in [-0.3, -0.25) is 4.98 Å². The molecule has 0 atom stereocenters. The predicted octanol–water partition coefficient (Wildman–Crippen LogP) is 5.03. The number of nitrogen functional groups attached to an aromatic ring is 1. The lowest BCUT2D eigenvalue weighted by atomic mass is 10.1. The van der Waals surface area contributed by atoms with E-state index in [0.29, 0.717) is 22.2 Å². The Morgan fingerprint density at radius 3 is 2.70 bits per heavy atom. The van der Waals surface area contributed by atoms with E-state index < -0.39 is 0 Å². The average Bonchev–Trinajstić information content (AvgIpc) is 2.45. The lowest BCUT2D eigenvalue weighted by molar-refractivity contribution is 0.485. The van der Waals surface area contributed by atoms with Crippen molar-refractivity contribution in [2.75, 3.05) is 5.73 Å². The molecule has 0 spiro atoms. The number of halogens is 2. The first-order chi connectivity index (χ1) is 9.65. The third-order valence-corrected chi connectivity index (χ3v) is 3.73. The highest BCUT2D eigenvalue weighted by Gasteiger charge is 2.09. The van der Waals surface area contributed by atoms with Crippen molar-refractivity contribution in [1.29, 1.82) is 0 Å². The van der Waals surface area contributed by atoms with E-state index in [1.165, 1.54) is 0 Å². The lowest BCUT2D eigenvalue weighted by Gasteiger charge is -2.11. The van der Waals surface area contributed by atoms with E-state index in [1.54, 1.807) is 24.4 Å². The smallest absolute Gasteiger partial charge is 0.141 e. The highest BCUT2D eigenvalue weighted by molar-refractivity contribution is 9.10. The second-order valence-corrected chi connectivity index (χ2v) is 5.52. The molecule has 1 aromatic heterocycles. The highest BCUT2D eigenvalue weighted by Crippen LogP contribution is 2.36. The molecule has 0 aliphatic heterocycles. The molecule has 5 heteroatoms. The van der Waals surface area contributed by atoms with Crippen molar-refractivity contribution in [3.8, 4) is 11.5 Å². The van der Waals surface area contributed by atoms with Gasteiger partial charge in [0.05, 0.1) is 15.7 Å². The fourth-order valence-corrected chi connectivity index (χ4v) is 2.70. The van der Waals surface area contributed by atoms with E-state index in [2.05, 4.69) is 20.9 Å². The van der Waals surface area contributed by atoms with Gasteiger partial charge in [-0.05, 0) is 58.4 Å². The van der Waals surface area contributed by atoms with E-state index >= 15 is 0 Å². The molecule has 3 nitrogen and oxygen atoms in total. The van der Waals surface area contributed by atoms with Crippen molar-refractivity contribution >= 4 is 44.1 Å². The van der Waals surface area contributed by atoms with E-state index in [0.717, 1.165) is 15.4 Å². The molecule has 0 fully saturated rings. The summed E-state index contributed by atoms with van der Waals surface area (Å²) in [6.07, 6.45) is 1.71. The molecule has 2 N–H and O–H groups in total. The van der Waals surface area contributed by atoms with Crippen LogP contribution in [0.15, 0.2) is 53.1 Å². The number of hydrogen-bond acceptors (Lipinski definition) is 3. The minimum Gasteiger partial charge on any atom is -0.455 e. The van der Waals surface area contributed by atoms with Crippen LogP contribution in [0.25, 0.3) is 10.9 Å². The fraction of sp³-hybridized carbons (Fsp3) is 0. The van der Waals surface area contributed by atoms with Crippen LogP contribution < -0.4 is 10.5 Å². The molecular weight excluding hydrogens is 340 g/mol. The molecule has 0 aliphatic carbocycles. The molecule has 0 saturated carbocycles. The Labute approximate surface area is 129 Å². The number of rotatable bonds is 2. The summed E-state index contributed by atoms with van der Waals surface area (Å²) in [4.78, 5) is 4.28. The van der Waals surface area contributed by atoms with Gasteiger partial charge in [-0.15, -0.1) is 0 Å². The number of benzene rings is 2. The first-order valence-corrected chi connectivity index (χ1v) is 7.08. The molecular formula is C15H10BrClN2O. The molecule has 2 aromatic carbocycles. The molecule has 0 aliphatic rings. The zero-order chi connectivity index (χ0) is 14.1. The highest BCUT2D eigenvalue weighted by atomic mass is 79.9. The zero-order valence-corrected chi connectivity index (χ0v) is 12.6. The third-order valence-electron chi connectivity index (χ3n) is 2.87. The van der Waals surface area contributed by atoms with Crippen molar-refractivity contribution in [2.45, 2.75) is 0 Å². The quantitative estimate of drug-likeness (QED) is 0.660. The number of ether oxygens (including phenoxy) is 1. The van der Waals surface area contributed by atoms with Gasteiger partial charge in [-0.2, -0.15) is 0 Å². The molecule has 1 heterocycles. The summed E-state index contributed by atoms with van der Waals surface area (Å²) in [7, 11) is 0. The topological polar surface area (TPSA) is 48.1 Å². The van der Waals surface area contributed by atoms with E-state index in [4.69, 9.17) is 22.1 Å². The summed E-state index contributed by atoms with van der Waals surface area (Å²) >= 11 is 9.36. The van der Waals surface area contributed by atoms with Gasteiger partial charge >= 0.3 is 0 Å². The third kappa shape index (κ3) is 2.44. The maximum Gasteiger partial charge on any atom is 0.141 e. The Balaban J connectivity index is 2.09. The van der Waals surface area contributed by atoms with Crippen LogP contribution in [-0.4, -0.2) is 4.98 Å². The summed E-state index contributed by atoms with van der Waals surface area (Å²) in [5.74, 6) is 1.38. The van der Waals surface area contributed by atoms with E-state index in [1.807, 2.05) is 24.3 Å². The fourth-order valence-electron chi connectivity index (χ4n) is 1.93.